The topological polar surface area (TPSA) is 63.3 Å². The van der Waals surface area contributed by atoms with Crippen LogP contribution in [0.1, 0.15) is 45.5 Å². The summed E-state index contributed by atoms with van der Waals surface area (Å²) in [5, 5.41) is 6.17. The summed E-state index contributed by atoms with van der Waals surface area (Å²) in [5.74, 6) is 0.544. The Morgan fingerprint density at radius 2 is 2.05 bits per heavy atom. The lowest BCUT2D eigenvalue weighted by molar-refractivity contribution is -0.124. The van der Waals surface area contributed by atoms with Gasteiger partial charge in [0.2, 0.25) is 0 Å². The van der Waals surface area contributed by atoms with Crippen molar-refractivity contribution in [3.63, 3.8) is 0 Å². The van der Waals surface area contributed by atoms with Gasteiger partial charge >= 0.3 is 0 Å². The van der Waals surface area contributed by atoms with E-state index in [0.29, 0.717) is 12.3 Å². The number of carbonyl (C=O) groups is 1. The first kappa shape index (κ1) is 17.4. The van der Waals surface area contributed by atoms with Crippen molar-refractivity contribution in [1.29, 1.82) is 0 Å². The van der Waals surface area contributed by atoms with Crippen LogP contribution in [0.25, 0.3) is 0 Å². The van der Waals surface area contributed by atoms with Gasteiger partial charge in [-0.15, -0.1) is 0 Å². The normalized spacial score (nSPS) is 11.3. The molecule has 1 heterocycles. The minimum atomic E-state index is -0.210. The van der Waals surface area contributed by atoms with E-state index in [1.165, 1.54) is 0 Å². The molecular formula is C16H27N3O2. The van der Waals surface area contributed by atoms with E-state index < -0.39 is 0 Å². The van der Waals surface area contributed by atoms with Crippen LogP contribution in [-0.4, -0.2) is 29.6 Å². The van der Waals surface area contributed by atoms with E-state index in [-0.39, 0.29) is 18.1 Å². The van der Waals surface area contributed by atoms with E-state index in [1.54, 1.807) is 0 Å². The summed E-state index contributed by atoms with van der Waals surface area (Å²) in [7, 11) is 0. The molecule has 1 amide bonds. The third kappa shape index (κ3) is 6.12. The van der Waals surface area contributed by atoms with Crippen LogP contribution in [0.3, 0.4) is 0 Å². The first-order valence-corrected chi connectivity index (χ1v) is 7.49. The molecule has 1 aromatic rings. The largest absolute Gasteiger partial charge is 0.482 e. The smallest absolute Gasteiger partial charge is 0.258 e. The Kier molecular flexibility index (Phi) is 6.62. The van der Waals surface area contributed by atoms with Crippen LogP contribution in [0.15, 0.2) is 12.1 Å². The van der Waals surface area contributed by atoms with Crippen LogP contribution in [0.2, 0.25) is 0 Å². The molecule has 2 N–H and O–H groups in total. The third-order valence-electron chi connectivity index (χ3n) is 3.33. The predicted octanol–water partition coefficient (Wildman–Crippen LogP) is 2.18. The molecule has 1 aromatic heterocycles. The first-order chi connectivity index (χ1) is 9.88. The summed E-state index contributed by atoms with van der Waals surface area (Å²) in [6.07, 6.45) is 0.872. The lowest BCUT2D eigenvalue weighted by Crippen LogP contribution is -2.45. The molecule has 5 heteroatoms. The number of carbonyl (C=O) groups excluding carboxylic acids is 1. The fraction of sp³-hybridized carbons (Fsp3) is 0.625. The molecule has 0 saturated carbocycles. The fourth-order valence-electron chi connectivity index (χ4n) is 1.74. The van der Waals surface area contributed by atoms with Crippen molar-refractivity contribution < 1.29 is 9.53 Å². The number of hydrogen-bond donors (Lipinski definition) is 2. The van der Waals surface area contributed by atoms with E-state index in [4.69, 9.17) is 4.74 Å². The molecule has 0 bridgehead atoms. The van der Waals surface area contributed by atoms with E-state index in [0.717, 1.165) is 24.4 Å². The monoisotopic (exact) mass is 293 g/mol. The lowest BCUT2D eigenvalue weighted by Gasteiger charge is -2.24. The van der Waals surface area contributed by atoms with Crippen molar-refractivity contribution in [2.75, 3.05) is 13.2 Å². The summed E-state index contributed by atoms with van der Waals surface area (Å²) in [6, 6.07) is 3.76. The van der Waals surface area contributed by atoms with E-state index in [2.05, 4.69) is 15.6 Å². The zero-order valence-electron chi connectivity index (χ0n) is 13.7. The van der Waals surface area contributed by atoms with E-state index >= 15 is 0 Å². The van der Waals surface area contributed by atoms with Crippen LogP contribution in [0.5, 0.6) is 5.75 Å². The van der Waals surface area contributed by atoms with Gasteiger partial charge in [-0.25, -0.2) is 0 Å². The van der Waals surface area contributed by atoms with Gasteiger partial charge in [0.25, 0.3) is 5.91 Å². The van der Waals surface area contributed by atoms with Crippen molar-refractivity contribution in [3.8, 4) is 5.75 Å². The maximum atomic E-state index is 11.9. The Bertz CT molecular complexity index is 473. The van der Waals surface area contributed by atoms with Gasteiger partial charge < -0.3 is 15.4 Å². The van der Waals surface area contributed by atoms with E-state index in [9.17, 15) is 4.79 Å². The van der Waals surface area contributed by atoms with E-state index in [1.807, 2.05) is 46.8 Å². The Morgan fingerprint density at radius 3 is 2.67 bits per heavy atom. The molecule has 0 radical (unpaired) electrons. The van der Waals surface area contributed by atoms with Gasteiger partial charge in [0.15, 0.2) is 6.61 Å². The molecule has 118 valence electrons. The van der Waals surface area contributed by atoms with Crippen LogP contribution < -0.4 is 15.4 Å². The van der Waals surface area contributed by atoms with Crippen molar-refractivity contribution in [3.05, 3.63) is 23.5 Å². The second kappa shape index (κ2) is 7.98. The minimum absolute atomic E-state index is 0.00724. The van der Waals surface area contributed by atoms with Crippen LogP contribution in [-0.2, 0) is 11.3 Å². The number of hydrogen-bond acceptors (Lipinski definition) is 4. The fourth-order valence-corrected chi connectivity index (χ4v) is 1.74. The summed E-state index contributed by atoms with van der Waals surface area (Å²) >= 11 is 0. The average Bonchev–Trinajstić information content (AvgIpc) is 2.43. The molecule has 5 nitrogen and oxygen atoms in total. The number of amides is 1. The molecule has 21 heavy (non-hydrogen) atoms. The molecule has 0 aliphatic rings. The molecule has 0 aromatic carbocycles. The number of aromatic nitrogens is 1. The second-order valence-corrected chi connectivity index (χ2v) is 5.75. The number of aryl methyl sites for hydroxylation is 1. The number of rotatable bonds is 8. The Balaban J connectivity index is 2.64. The van der Waals surface area contributed by atoms with Gasteiger partial charge in [0.1, 0.15) is 5.75 Å². The average molecular weight is 293 g/mol. The molecule has 0 spiro atoms. The van der Waals surface area contributed by atoms with Crippen molar-refractivity contribution >= 4 is 5.91 Å². The number of ether oxygens (including phenoxy) is 1. The molecule has 0 atom stereocenters. The van der Waals surface area contributed by atoms with Crippen LogP contribution in [0.4, 0.5) is 0 Å². The van der Waals surface area contributed by atoms with Crippen molar-refractivity contribution in [2.45, 2.75) is 53.1 Å². The lowest BCUT2D eigenvalue weighted by atomic mass is 10.0. The van der Waals surface area contributed by atoms with Gasteiger partial charge in [0, 0.05) is 17.8 Å². The summed E-state index contributed by atoms with van der Waals surface area (Å²) < 4.78 is 5.63. The zero-order valence-corrected chi connectivity index (χ0v) is 13.7. The quantitative estimate of drug-likeness (QED) is 0.771. The highest BCUT2D eigenvalue weighted by Crippen LogP contribution is 2.17. The molecule has 0 aliphatic carbocycles. The molecule has 0 aliphatic heterocycles. The highest BCUT2D eigenvalue weighted by Gasteiger charge is 2.18. The number of nitrogens with one attached hydrogen (secondary N) is 2. The molecule has 1 rings (SSSR count). The molecule has 0 saturated heterocycles. The Morgan fingerprint density at radius 1 is 1.33 bits per heavy atom. The SMILES string of the molecule is CCNCc1nc(C)ccc1OCC(=O)NC(C)(C)CC. The highest BCUT2D eigenvalue weighted by atomic mass is 16.5. The van der Waals surface area contributed by atoms with Crippen LogP contribution >= 0.6 is 0 Å². The third-order valence-corrected chi connectivity index (χ3v) is 3.33. The number of nitrogens with zero attached hydrogens (tertiary/aromatic N) is 1. The van der Waals surface area contributed by atoms with Gasteiger partial charge in [0.05, 0.1) is 5.69 Å². The van der Waals surface area contributed by atoms with Gasteiger partial charge in [-0.3, -0.25) is 9.78 Å². The zero-order chi connectivity index (χ0) is 15.9. The second-order valence-electron chi connectivity index (χ2n) is 5.75. The number of pyridine rings is 1. The predicted molar refractivity (Wildman–Crippen MR) is 84.4 cm³/mol. The maximum absolute atomic E-state index is 11.9. The summed E-state index contributed by atoms with van der Waals surface area (Å²) in [5.41, 5.74) is 1.56. The molecular weight excluding hydrogens is 266 g/mol. The minimum Gasteiger partial charge on any atom is -0.482 e. The highest BCUT2D eigenvalue weighted by molar-refractivity contribution is 5.78. The summed E-state index contributed by atoms with van der Waals surface area (Å²) in [4.78, 5) is 16.4. The Hall–Kier alpha value is -1.62. The van der Waals surface area contributed by atoms with Gasteiger partial charge in [-0.1, -0.05) is 13.8 Å². The Labute approximate surface area is 127 Å². The first-order valence-electron chi connectivity index (χ1n) is 7.49. The van der Waals surface area contributed by atoms with Gasteiger partial charge in [-0.05, 0) is 45.9 Å². The van der Waals surface area contributed by atoms with Crippen molar-refractivity contribution in [2.24, 2.45) is 0 Å². The molecule has 0 fully saturated rings. The van der Waals surface area contributed by atoms with Crippen molar-refractivity contribution in [1.82, 2.24) is 15.6 Å². The van der Waals surface area contributed by atoms with Gasteiger partial charge in [-0.2, -0.15) is 0 Å². The maximum Gasteiger partial charge on any atom is 0.258 e. The standard InChI is InChI=1S/C16H27N3O2/c1-6-16(4,5)19-15(20)11-21-14-9-8-12(3)18-13(14)10-17-7-2/h8-9,17H,6-7,10-11H2,1-5H3,(H,19,20). The van der Waals surface area contributed by atoms with Crippen LogP contribution in [0, 0.1) is 6.92 Å². The molecule has 0 unspecified atom stereocenters. The summed E-state index contributed by atoms with van der Waals surface area (Å²) in [6.45, 7) is 11.5.